The van der Waals surface area contributed by atoms with Gasteiger partial charge in [0, 0.05) is 26.5 Å². The molecule has 6 rings (SSSR count). The summed E-state index contributed by atoms with van der Waals surface area (Å²) < 4.78 is 29.6. The van der Waals surface area contributed by atoms with Crippen molar-refractivity contribution in [2.45, 2.75) is 21.1 Å². The Kier molecular flexibility index (Phi) is 7.76. The van der Waals surface area contributed by atoms with E-state index in [0.29, 0.717) is 37.1 Å². The van der Waals surface area contributed by atoms with Gasteiger partial charge < -0.3 is 15.0 Å². The number of thioether (sulfide) groups is 1. The zero-order chi connectivity index (χ0) is 30.5. The molecule has 43 heavy (non-hydrogen) atoms. The smallest absolute Gasteiger partial charge is 0.305 e. The number of carbonyl (C=O) groups is 3. The summed E-state index contributed by atoms with van der Waals surface area (Å²) in [4.78, 5) is 57.0. The Balaban J connectivity index is 1.31. The Morgan fingerprint density at radius 3 is 2.44 bits per heavy atom. The monoisotopic (exact) mass is 700 g/mol. The topological polar surface area (TPSA) is 169 Å². The molecule has 1 aromatic heterocycles. The first-order valence-electron chi connectivity index (χ1n) is 12.7. The van der Waals surface area contributed by atoms with Crippen LogP contribution in [0.25, 0.3) is 0 Å². The third-order valence-corrected chi connectivity index (χ3v) is 10.8. The largest absolute Gasteiger partial charge is 0.483 e. The number of primary sulfonamides is 1. The van der Waals surface area contributed by atoms with Crippen LogP contribution in [0, 0.1) is 5.92 Å². The van der Waals surface area contributed by atoms with Crippen LogP contribution in [0.3, 0.4) is 0 Å². The molecule has 2 aliphatic rings. The van der Waals surface area contributed by atoms with E-state index in [1.807, 2.05) is 0 Å². The van der Waals surface area contributed by atoms with Gasteiger partial charge in [-0.2, -0.15) is 0 Å². The van der Waals surface area contributed by atoms with Gasteiger partial charge in [-0.3, -0.25) is 19.2 Å². The number of hydrogen-bond acceptors (Lipinski definition) is 9. The second-order valence-corrected chi connectivity index (χ2v) is 14.3. The minimum Gasteiger partial charge on any atom is -0.483 e. The number of halogens is 1. The van der Waals surface area contributed by atoms with Gasteiger partial charge in [0.1, 0.15) is 11.0 Å². The van der Waals surface area contributed by atoms with Crippen molar-refractivity contribution in [3.8, 4) is 5.75 Å². The van der Waals surface area contributed by atoms with Gasteiger partial charge in [0.2, 0.25) is 21.8 Å². The fourth-order valence-corrected chi connectivity index (χ4v) is 8.55. The molecule has 15 heteroatoms. The number of H-pyrrole nitrogens is 1. The molecule has 0 saturated carbocycles. The molecule has 4 N–H and O–H groups in total. The molecule has 4 aromatic rings. The minimum absolute atomic E-state index is 0.0950. The molecular formula is C28H21BrN4O7S3. The number of imide groups is 1. The van der Waals surface area contributed by atoms with Gasteiger partial charge in [-0.25, -0.2) is 18.5 Å². The molecule has 220 valence electrons. The molecule has 1 saturated heterocycles. The summed E-state index contributed by atoms with van der Waals surface area (Å²) >= 11 is 5.62. The van der Waals surface area contributed by atoms with E-state index in [0.717, 1.165) is 11.3 Å². The molecule has 3 atom stereocenters. The van der Waals surface area contributed by atoms with Crippen LogP contribution in [-0.4, -0.2) is 43.0 Å². The van der Waals surface area contributed by atoms with Gasteiger partial charge in [-0.05, 0) is 54.6 Å². The number of amides is 3. The van der Waals surface area contributed by atoms with E-state index >= 15 is 0 Å². The van der Waals surface area contributed by atoms with Gasteiger partial charge in [0.05, 0.1) is 21.5 Å². The molecule has 3 heterocycles. The number of nitrogens with two attached hydrogens (primary N) is 1. The molecule has 0 radical (unpaired) electrons. The number of aromatic nitrogens is 1. The zero-order valence-electron chi connectivity index (χ0n) is 21.9. The molecule has 3 unspecified atom stereocenters. The molecule has 0 spiro atoms. The summed E-state index contributed by atoms with van der Waals surface area (Å²) in [5.74, 6) is -2.54. The number of nitrogens with one attached hydrogen (secondary N) is 2. The Bertz CT molecular complexity index is 1930. The molecule has 0 aliphatic carbocycles. The Morgan fingerprint density at radius 1 is 1.02 bits per heavy atom. The predicted molar refractivity (Wildman–Crippen MR) is 165 cm³/mol. The number of rotatable bonds is 7. The Labute approximate surface area is 261 Å². The number of carbonyl (C=O) groups excluding carboxylic acids is 3. The number of hydrogen-bond donors (Lipinski definition) is 3. The highest BCUT2D eigenvalue weighted by Gasteiger charge is 2.56. The second-order valence-electron chi connectivity index (χ2n) is 9.69. The molecule has 1 fully saturated rings. The van der Waals surface area contributed by atoms with Crippen LogP contribution < -0.4 is 25.0 Å². The maximum absolute atomic E-state index is 13.9. The van der Waals surface area contributed by atoms with Crippen molar-refractivity contribution in [1.29, 1.82) is 0 Å². The highest BCUT2D eigenvalue weighted by molar-refractivity contribution is 9.10. The summed E-state index contributed by atoms with van der Waals surface area (Å²) in [5, 5.41) is 7.49. The standard InChI is InChI=1S/C28H21BrN4O7S3/c29-14-6-11-19(40-13-20(34)31-15-7-9-17(10-8-15)43(30,38)39)18(12-14)21-22-24(41-25-23(21)42-28(37)32-25)27(36)33(26(22)35)16-4-2-1-3-5-16/h1-12,21-22,24H,13H2,(H,31,34)(H,32,37)(H2,30,38,39). The Morgan fingerprint density at radius 2 is 1.74 bits per heavy atom. The number of nitrogens with zero attached hydrogens (tertiary/aromatic N) is 1. The van der Waals surface area contributed by atoms with E-state index in [4.69, 9.17) is 9.88 Å². The van der Waals surface area contributed by atoms with Crippen LogP contribution in [0.1, 0.15) is 16.4 Å². The second kappa shape index (κ2) is 11.4. The lowest BCUT2D eigenvalue weighted by Crippen LogP contribution is -2.32. The molecule has 0 bridgehead atoms. The molecular weight excluding hydrogens is 680 g/mol. The number of benzene rings is 3. The van der Waals surface area contributed by atoms with Crippen molar-refractivity contribution in [2.75, 3.05) is 16.8 Å². The van der Waals surface area contributed by atoms with Gasteiger partial charge in [-0.15, -0.1) is 0 Å². The van der Waals surface area contributed by atoms with E-state index in [9.17, 15) is 27.6 Å². The lowest BCUT2D eigenvalue weighted by molar-refractivity contribution is -0.122. The van der Waals surface area contributed by atoms with Crippen LogP contribution in [-0.2, 0) is 24.4 Å². The minimum atomic E-state index is -3.88. The number of anilines is 2. The van der Waals surface area contributed by atoms with E-state index in [-0.39, 0.29) is 15.7 Å². The highest BCUT2D eigenvalue weighted by atomic mass is 79.9. The number of fused-ring (bicyclic) bond motifs is 2. The first kappa shape index (κ1) is 29.3. The number of sulfonamides is 1. The average molecular weight is 702 g/mol. The van der Waals surface area contributed by atoms with E-state index < -0.39 is 45.5 Å². The van der Waals surface area contributed by atoms with Crippen molar-refractivity contribution in [1.82, 2.24) is 4.98 Å². The van der Waals surface area contributed by atoms with Crippen LogP contribution >= 0.6 is 39.0 Å². The molecule has 11 nitrogen and oxygen atoms in total. The van der Waals surface area contributed by atoms with Crippen molar-refractivity contribution >= 4 is 78.1 Å². The first-order valence-corrected chi connectivity index (χ1v) is 16.7. The summed E-state index contributed by atoms with van der Waals surface area (Å²) in [6.45, 7) is -0.416. The van der Waals surface area contributed by atoms with Gasteiger partial charge in [0.15, 0.2) is 6.61 Å². The summed E-state index contributed by atoms with van der Waals surface area (Å²) in [5.41, 5.74) is 1.33. The number of ether oxygens (including phenoxy) is 1. The number of aromatic amines is 1. The van der Waals surface area contributed by atoms with Crippen molar-refractivity contribution in [3.63, 3.8) is 0 Å². The normalized spacial score (nSPS) is 19.6. The molecule has 3 amide bonds. The zero-order valence-corrected chi connectivity index (χ0v) is 25.9. The fraction of sp³-hybridized carbons (Fsp3) is 0.143. The van der Waals surface area contributed by atoms with Gasteiger partial charge >= 0.3 is 4.87 Å². The van der Waals surface area contributed by atoms with Crippen molar-refractivity contribution in [2.24, 2.45) is 11.1 Å². The highest BCUT2D eigenvalue weighted by Crippen LogP contribution is 2.54. The van der Waals surface area contributed by atoms with Gasteiger partial charge in [0.25, 0.3) is 5.91 Å². The van der Waals surface area contributed by atoms with Crippen LogP contribution in [0.15, 0.2) is 92.0 Å². The van der Waals surface area contributed by atoms with Crippen molar-refractivity contribution in [3.05, 3.63) is 97.4 Å². The predicted octanol–water partition coefficient (Wildman–Crippen LogP) is 3.66. The quantitative estimate of drug-likeness (QED) is 0.246. The average Bonchev–Trinajstić information content (AvgIpc) is 3.46. The fourth-order valence-electron chi connectivity index (χ4n) is 5.15. The number of thiazole rings is 1. The van der Waals surface area contributed by atoms with E-state index in [1.54, 1.807) is 48.5 Å². The van der Waals surface area contributed by atoms with Crippen LogP contribution in [0.2, 0.25) is 0 Å². The first-order chi connectivity index (χ1) is 20.5. The number of para-hydroxylation sites is 1. The third kappa shape index (κ3) is 5.65. The summed E-state index contributed by atoms with van der Waals surface area (Å²) in [6, 6.07) is 19.1. The SMILES string of the molecule is NS(=O)(=O)c1ccc(NC(=O)COc2ccc(Br)cc2C2c3sc(=O)[nH]c3SC3C(=O)N(c4ccccc4)C(=O)C32)cc1. The summed E-state index contributed by atoms with van der Waals surface area (Å²) in [6.07, 6.45) is 0. The lowest BCUT2D eigenvalue weighted by Gasteiger charge is -2.31. The molecule has 2 aliphatic heterocycles. The summed E-state index contributed by atoms with van der Waals surface area (Å²) in [7, 11) is -3.88. The lowest BCUT2D eigenvalue weighted by atomic mass is 9.82. The maximum Gasteiger partial charge on any atom is 0.305 e. The van der Waals surface area contributed by atoms with Gasteiger partial charge in [-0.1, -0.05) is 57.2 Å². The van der Waals surface area contributed by atoms with E-state index in [2.05, 4.69) is 26.2 Å². The maximum atomic E-state index is 13.9. The molecule has 3 aromatic carbocycles. The third-order valence-electron chi connectivity index (χ3n) is 6.97. The van der Waals surface area contributed by atoms with Crippen LogP contribution in [0.4, 0.5) is 11.4 Å². The van der Waals surface area contributed by atoms with Crippen LogP contribution in [0.5, 0.6) is 5.75 Å². The Hall–Kier alpha value is -3.76. The van der Waals surface area contributed by atoms with E-state index in [1.165, 1.54) is 40.9 Å². The van der Waals surface area contributed by atoms with Crippen molar-refractivity contribution < 1.29 is 27.5 Å².